The second-order valence-electron chi connectivity index (χ2n) is 8.44. The van der Waals surface area contributed by atoms with Gasteiger partial charge in [-0.2, -0.15) is 0 Å². The Bertz CT molecular complexity index is 1020. The minimum Gasteiger partial charge on any atom is -0.465 e. The van der Waals surface area contributed by atoms with E-state index in [1.54, 1.807) is 12.1 Å². The molecule has 0 saturated heterocycles. The number of fused-ring (bicyclic) bond motifs is 1. The molecule has 2 aromatic rings. The Morgan fingerprint density at radius 1 is 1.28 bits per heavy atom. The third-order valence-electron chi connectivity index (χ3n) is 5.92. The van der Waals surface area contributed by atoms with Crippen molar-refractivity contribution >= 4 is 30.9 Å². The molecule has 32 heavy (non-hydrogen) atoms. The lowest BCUT2D eigenvalue weighted by atomic mass is 9.96. The summed E-state index contributed by atoms with van der Waals surface area (Å²) in [4.78, 5) is 30.4. The molecule has 0 saturated carbocycles. The van der Waals surface area contributed by atoms with Crippen LogP contribution in [0.1, 0.15) is 29.9 Å². The summed E-state index contributed by atoms with van der Waals surface area (Å²) in [5.41, 5.74) is 1.64. The molecule has 0 spiro atoms. The summed E-state index contributed by atoms with van der Waals surface area (Å²) in [5, 5.41) is 12.2. The van der Waals surface area contributed by atoms with Gasteiger partial charge in [0.2, 0.25) is 0 Å². The van der Waals surface area contributed by atoms with Crippen molar-refractivity contribution in [2.24, 2.45) is 0 Å². The number of rotatable bonds is 6. The highest BCUT2D eigenvalue weighted by molar-refractivity contribution is 6.89. The lowest BCUT2D eigenvalue weighted by Crippen LogP contribution is -2.46. The van der Waals surface area contributed by atoms with Gasteiger partial charge in [0.25, 0.3) is 5.91 Å². The Morgan fingerprint density at radius 2 is 1.94 bits per heavy atom. The molecule has 1 aliphatic heterocycles. The van der Waals surface area contributed by atoms with Gasteiger partial charge in [-0.15, -0.1) is 0 Å². The van der Waals surface area contributed by atoms with Crippen molar-refractivity contribution in [1.82, 2.24) is 9.88 Å². The van der Waals surface area contributed by atoms with Gasteiger partial charge in [-0.25, -0.2) is 13.6 Å². The van der Waals surface area contributed by atoms with E-state index in [2.05, 4.69) is 10.3 Å². The standard InChI is InChI=1S/C22H27F2N3O4Si/c1-5-32(3,4)20-16(23)10-14(11-17(20)24)26-21(28)19-15-7-6-13(12-31-2)25-18(15)8-9-27(19)22(29)30/h6-7,10-11,19H,5,8-9,12H2,1-4H3,(H,26,28)(H,29,30)/t19-/m0/s1. The Hall–Kier alpha value is -2.85. The van der Waals surface area contributed by atoms with E-state index in [0.717, 1.165) is 17.0 Å². The van der Waals surface area contributed by atoms with E-state index in [1.165, 1.54) is 7.11 Å². The molecule has 10 heteroatoms. The van der Waals surface area contributed by atoms with E-state index in [4.69, 9.17) is 4.74 Å². The topological polar surface area (TPSA) is 91.8 Å². The predicted molar refractivity (Wildman–Crippen MR) is 119 cm³/mol. The van der Waals surface area contributed by atoms with Crippen LogP contribution in [-0.2, 0) is 22.6 Å². The highest BCUT2D eigenvalue weighted by Gasteiger charge is 2.37. The largest absolute Gasteiger partial charge is 0.465 e. The van der Waals surface area contributed by atoms with E-state index >= 15 is 0 Å². The number of amides is 2. The molecular weight excluding hydrogens is 436 g/mol. The average molecular weight is 464 g/mol. The minimum atomic E-state index is -2.29. The first-order valence-corrected chi connectivity index (χ1v) is 13.6. The maximum atomic E-state index is 14.8. The lowest BCUT2D eigenvalue weighted by molar-refractivity contribution is -0.121. The van der Waals surface area contributed by atoms with E-state index in [0.29, 0.717) is 29.4 Å². The van der Waals surface area contributed by atoms with Gasteiger partial charge >= 0.3 is 6.09 Å². The van der Waals surface area contributed by atoms with E-state index in [1.807, 2.05) is 20.0 Å². The van der Waals surface area contributed by atoms with Crippen molar-refractivity contribution in [2.45, 2.75) is 45.1 Å². The molecule has 2 heterocycles. The Balaban J connectivity index is 1.95. The summed E-state index contributed by atoms with van der Waals surface area (Å²) in [6.07, 6.45) is -0.919. The molecule has 0 fully saturated rings. The second-order valence-corrected chi connectivity index (χ2v) is 13.4. The average Bonchev–Trinajstić information content (AvgIpc) is 2.72. The smallest absolute Gasteiger partial charge is 0.408 e. The lowest BCUT2D eigenvalue weighted by Gasteiger charge is -2.34. The number of carbonyl (C=O) groups is 2. The summed E-state index contributed by atoms with van der Waals surface area (Å²) in [5.74, 6) is -2.11. The summed E-state index contributed by atoms with van der Waals surface area (Å²) >= 11 is 0. The van der Waals surface area contributed by atoms with Crippen LogP contribution in [0, 0.1) is 11.6 Å². The molecule has 2 N–H and O–H groups in total. The third-order valence-corrected chi connectivity index (χ3v) is 9.52. The molecule has 0 aliphatic carbocycles. The number of hydrogen-bond donors (Lipinski definition) is 2. The first kappa shape index (κ1) is 23.8. The maximum absolute atomic E-state index is 14.8. The molecule has 1 aliphatic rings. The van der Waals surface area contributed by atoms with Gasteiger partial charge in [-0.1, -0.05) is 32.1 Å². The number of carboxylic acid groups (broad SMARTS) is 1. The SMILES string of the molecule is CC[Si](C)(C)c1c(F)cc(NC(=O)[C@@H]2c3ccc(COC)nc3CCN2C(=O)O)cc1F. The summed E-state index contributed by atoms with van der Waals surface area (Å²) in [6.45, 7) is 6.01. The molecule has 7 nitrogen and oxygen atoms in total. The second kappa shape index (κ2) is 9.33. The zero-order valence-corrected chi connectivity index (χ0v) is 19.5. The van der Waals surface area contributed by atoms with Gasteiger partial charge in [0.05, 0.1) is 20.4 Å². The molecular formula is C22H27F2N3O4Si. The molecule has 172 valence electrons. The molecule has 0 radical (unpaired) electrons. The number of carbonyl (C=O) groups excluding carboxylic acids is 1. The van der Waals surface area contributed by atoms with Crippen LogP contribution in [0.2, 0.25) is 19.1 Å². The van der Waals surface area contributed by atoms with Gasteiger partial charge in [0.15, 0.2) is 0 Å². The third kappa shape index (κ3) is 4.65. The number of ether oxygens (including phenoxy) is 1. The normalized spacial score (nSPS) is 15.9. The number of anilines is 1. The number of pyridine rings is 1. The molecule has 1 atom stereocenters. The Labute approximate surface area is 186 Å². The number of hydrogen-bond acceptors (Lipinski definition) is 4. The molecule has 2 amide bonds. The number of benzene rings is 1. The van der Waals surface area contributed by atoms with Crippen molar-refractivity contribution in [3.63, 3.8) is 0 Å². The fraction of sp³-hybridized carbons (Fsp3) is 0.409. The van der Waals surface area contributed by atoms with Crippen LogP contribution < -0.4 is 10.5 Å². The molecule has 1 aromatic carbocycles. The molecule has 0 unspecified atom stereocenters. The molecule has 0 bridgehead atoms. The van der Waals surface area contributed by atoms with Crippen LogP contribution in [0.5, 0.6) is 0 Å². The maximum Gasteiger partial charge on any atom is 0.408 e. The van der Waals surface area contributed by atoms with Gasteiger partial charge in [-0.3, -0.25) is 14.7 Å². The minimum absolute atomic E-state index is 0.0592. The molecule has 1 aromatic heterocycles. The van der Waals surface area contributed by atoms with Crippen molar-refractivity contribution in [3.05, 3.63) is 52.9 Å². The number of aromatic nitrogens is 1. The fourth-order valence-corrected chi connectivity index (χ4v) is 5.72. The summed E-state index contributed by atoms with van der Waals surface area (Å²) < 4.78 is 34.6. The van der Waals surface area contributed by atoms with Crippen LogP contribution in [0.25, 0.3) is 0 Å². The van der Waals surface area contributed by atoms with Crippen LogP contribution in [0.3, 0.4) is 0 Å². The van der Waals surface area contributed by atoms with Crippen LogP contribution in [0.15, 0.2) is 24.3 Å². The van der Waals surface area contributed by atoms with Gasteiger partial charge in [0, 0.05) is 42.2 Å². The summed E-state index contributed by atoms with van der Waals surface area (Å²) in [7, 11) is -0.752. The van der Waals surface area contributed by atoms with E-state index in [9.17, 15) is 23.5 Å². The first-order chi connectivity index (χ1) is 15.1. The van der Waals surface area contributed by atoms with Crippen molar-refractivity contribution in [3.8, 4) is 0 Å². The highest BCUT2D eigenvalue weighted by Crippen LogP contribution is 2.31. The molecule has 3 rings (SSSR count). The van der Waals surface area contributed by atoms with E-state index < -0.39 is 37.8 Å². The monoisotopic (exact) mass is 463 g/mol. The van der Waals surface area contributed by atoms with E-state index in [-0.39, 0.29) is 24.0 Å². The first-order valence-electron chi connectivity index (χ1n) is 10.4. The van der Waals surface area contributed by atoms with Crippen molar-refractivity contribution in [2.75, 3.05) is 19.0 Å². The van der Waals surface area contributed by atoms with Crippen LogP contribution in [-0.4, -0.2) is 48.7 Å². The predicted octanol–water partition coefficient (Wildman–Crippen LogP) is 3.66. The Morgan fingerprint density at radius 3 is 2.50 bits per heavy atom. The van der Waals surface area contributed by atoms with Gasteiger partial charge in [-0.05, 0) is 18.2 Å². The number of methoxy groups -OCH3 is 1. The summed E-state index contributed by atoms with van der Waals surface area (Å²) in [6, 6.07) is 4.98. The number of nitrogens with one attached hydrogen (secondary N) is 1. The quantitative estimate of drug-likeness (QED) is 0.638. The van der Waals surface area contributed by atoms with Crippen molar-refractivity contribution in [1.29, 1.82) is 0 Å². The number of halogens is 2. The zero-order valence-electron chi connectivity index (χ0n) is 18.5. The Kier molecular flexibility index (Phi) is 6.94. The van der Waals surface area contributed by atoms with Gasteiger partial charge < -0.3 is 15.2 Å². The van der Waals surface area contributed by atoms with Crippen LogP contribution >= 0.6 is 0 Å². The number of nitrogens with zero attached hydrogens (tertiary/aromatic N) is 2. The fourth-order valence-electron chi connectivity index (χ4n) is 3.93. The van der Waals surface area contributed by atoms with Crippen molar-refractivity contribution < 1.29 is 28.2 Å². The van der Waals surface area contributed by atoms with Crippen LogP contribution in [0.4, 0.5) is 19.3 Å². The zero-order chi connectivity index (χ0) is 23.6. The van der Waals surface area contributed by atoms with Gasteiger partial charge in [0.1, 0.15) is 17.7 Å². The highest BCUT2D eigenvalue weighted by atomic mass is 28.3.